The Hall–Kier alpha value is -3.88. The maximum absolute atomic E-state index is 11.9. The largest absolute Gasteiger partial charge is 0.497 e. The highest BCUT2D eigenvalue weighted by atomic mass is 35.5. The number of rotatable bonds is 6. The molecule has 10 heteroatoms. The number of likely N-dealkylation sites (tertiary alicyclic amines) is 1. The van der Waals surface area contributed by atoms with E-state index in [-0.39, 0.29) is 12.1 Å². The Kier molecular flexibility index (Phi) is 10.00. The number of methoxy groups -OCH3 is 1. The van der Waals surface area contributed by atoms with Gasteiger partial charge in [-0.2, -0.15) is 0 Å². The number of benzene rings is 3. The number of halogens is 2. The van der Waals surface area contributed by atoms with Crippen molar-refractivity contribution in [2.45, 2.75) is 38.3 Å². The van der Waals surface area contributed by atoms with Crippen LogP contribution in [0, 0.1) is 0 Å². The van der Waals surface area contributed by atoms with Crippen LogP contribution in [0.1, 0.15) is 42.6 Å². The molecule has 8 nitrogen and oxygen atoms in total. The first-order valence-electron chi connectivity index (χ1n) is 14.5. The lowest BCUT2D eigenvalue weighted by molar-refractivity contribution is -0.120. The Morgan fingerprint density at radius 2 is 1.70 bits per heavy atom. The molecule has 2 aliphatic heterocycles. The molecule has 2 aliphatic rings. The van der Waals surface area contributed by atoms with Gasteiger partial charge in [-0.1, -0.05) is 35.3 Å². The first-order chi connectivity index (χ1) is 20.9. The van der Waals surface area contributed by atoms with Crippen molar-refractivity contribution in [2.75, 3.05) is 38.7 Å². The van der Waals surface area contributed by atoms with Gasteiger partial charge in [-0.15, -0.1) is 0 Å². The summed E-state index contributed by atoms with van der Waals surface area (Å²) in [5, 5.41) is 6.17. The zero-order chi connectivity index (χ0) is 30.3. The van der Waals surface area contributed by atoms with Crippen LogP contribution in [-0.2, 0) is 16.0 Å². The Labute approximate surface area is 261 Å². The summed E-state index contributed by atoms with van der Waals surface area (Å²) in [6.45, 7) is 4.28. The third-order valence-electron chi connectivity index (χ3n) is 7.93. The minimum atomic E-state index is -0.226. The molecular weight excluding hydrogens is 587 g/mol. The second-order valence-corrected chi connectivity index (χ2v) is 11.5. The van der Waals surface area contributed by atoms with E-state index in [4.69, 9.17) is 32.7 Å². The number of aromatic nitrogens is 1. The molecule has 226 valence electrons. The van der Waals surface area contributed by atoms with Gasteiger partial charge >= 0.3 is 6.09 Å². The molecule has 0 spiro atoms. The Balaban J connectivity index is 0.000000351. The van der Waals surface area contributed by atoms with Crippen molar-refractivity contribution >= 4 is 52.3 Å². The SMILES string of the molecule is CCOC(=O)N1CCC(Nc2ccc(C3c4[nH]c5ccc(Cl)cc5c4CCN3C=O)cc2)CC1.COc1ccc(Cl)cc1. The van der Waals surface area contributed by atoms with E-state index in [1.165, 1.54) is 5.56 Å². The van der Waals surface area contributed by atoms with Crippen LogP contribution >= 0.6 is 23.2 Å². The van der Waals surface area contributed by atoms with Gasteiger partial charge in [-0.3, -0.25) is 4.79 Å². The Morgan fingerprint density at radius 3 is 2.35 bits per heavy atom. The summed E-state index contributed by atoms with van der Waals surface area (Å²) >= 11 is 11.9. The summed E-state index contributed by atoms with van der Waals surface area (Å²) in [5.41, 5.74) is 5.43. The lowest BCUT2D eigenvalue weighted by Gasteiger charge is -2.34. The predicted molar refractivity (Wildman–Crippen MR) is 171 cm³/mol. The number of piperidine rings is 1. The van der Waals surface area contributed by atoms with Crippen LogP contribution in [0.25, 0.3) is 10.9 Å². The van der Waals surface area contributed by atoms with E-state index in [0.717, 1.165) is 64.3 Å². The van der Waals surface area contributed by atoms with Crippen LogP contribution in [0.3, 0.4) is 0 Å². The summed E-state index contributed by atoms with van der Waals surface area (Å²) < 4.78 is 10.0. The summed E-state index contributed by atoms with van der Waals surface area (Å²) in [6, 6.07) is 21.6. The van der Waals surface area contributed by atoms with E-state index < -0.39 is 0 Å². The first-order valence-corrected chi connectivity index (χ1v) is 15.2. The molecule has 1 atom stereocenters. The molecule has 0 saturated carbocycles. The number of hydrogen-bond acceptors (Lipinski definition) is 5. The third kappa shape index (κ3) is 7.20. The fourth-order valence-electron chi connectivity index (χ4n) is 5.74. The van der Waals surface area contributed by atoms with E-state index in [1.54, 1.807) is 24.1 Å². The molecule has 1 fully saturated rings. The van der Waals surface area contributed by atoms with Gasteiger partial charge < -0.3 is 29.6 Å². The van der Waals surface area contributed by atoms with Crippen molar-refractivity contribution in [3.8, 4) is 5.75 Å². The standard InChI is InChI=1S/C26H29ClN4O3.C7H7ClO/c1-2-34-26(33)30-12-9-20(10-13-30)28-19-6-3-17(4-7-19)25-24-21(11-14-31(25)16-32)22-15-18(27)5-8-23(22)29-24;1-9-7-4-2-6(8)3-5-7/h3-8,15-16,20,25,28-29H,2,9-14H2,1H3;2-5H,1H3. The number of aromatic amines is 1. The Morgan fingerprint density at radius 1 is 1.00 bits per heavy atom. The molecule has 2 N–H and O–H groups in total. The van der Waals surface area contributed by atoms with Gasteiger partial charge in [0.25, 0.3) is 0 Å². The number of ether oxygens (including phenoxy) is 2. The van der Waals surface area contributed by atoms with Gasteiger partial charge in [0.15, 0.2) is 0 Å². The molecule has 1 saturated heterocycles. The quantitative estimate of drug-likeness (QED) is 0.220. The molecule has 1 unspecified atom stereocenters. The number of nitrogens with zero attached hydrogens (tertiary/aromatic N) is 2. The van der Waals surface area contributed by atoms with Crippen molar-refractivity contribution in [3.05, 3.63) is 93.6 Å². The van der Waals surface area contributed by atoms with Crippen molar-refractivity contribution in [1.29, 1.82) is 0 Å². The smallest absolute Gasteiger partial charge is 0.409 e. The van der Waals surface area contributed by atoms with E-state index in [0.29, 0.717) is 37.3 Å². The molecule has 3 heterocycles. The second-order valence-electron chi connectivity index (χ2n) is 10.6. The lowest BCUT2D eigenvalue weighted by atomic mass is 9.92. The van der Waals surface area contributed by atoms with Crippen molar-refractivity contribution in [3.63, 3.8) is 0 Å². The molecule has 0 aliphatic carbocycles. The highest BCUT2D eigenvalue weighted by molar-refractivity contribution is 6.31. The molecule has 3 aromatic carbocycles. The highest BCUT2D eigenvalue weighted by Gasteiger charge is 2.31. The Bertz CT molecular complexity index is 1530. The number of fused-ring (bicyclic) bond motifs is 3. The summed E-state index contributed by atoms with van der Waals surface area (Å²) in [4.78, 5) is 31.0. The van der Waals surface area contributed by atoms with Crippen LogP contribution in [0.15, 0.2) is 66.7 Å². The number of carbonyl (C=O) groups is 2. The molecule has 43 heavy (non-hydrogen) atoms. The molecule has 0 bridgehead atoms. The molecule has 4 aromatic rings. The summed E-state index contributed by atoms with van der Waals surface area (Å²) in [6.07, 6.45) is 3.27. The molecule has 2 amide bonds. The van der Waals surface area contributed by atoms with E-state index in [2.05, 4.69) is 34.6 Å². The van der Waals surface area contributed by atoms with Crippen LogP contribution in [-0.4, -0.2) is 66.7 Å². The lowest BCUT2D eigenvalue weighted by Crippen LogP contribution is -2.42. The fourth-order valence-corrected chi connectivity index (χ4v) is 6.04. The highest BCUT2D eigenvalue weighted by Crippen LogP contribution is 2.38. The number of hydrogen-bond donors (Lipinski definition) is 2. The van der Waals surface area contributed by atoms with Crippen LogP contribution in [0.2, 0.25) is 10.0 Å². The number of amides is 2. The molecule has 1 aromatic heterocycles. The van der Waals surface area contributed by atoms with Crippen molar-refractivity contribution in [1.82, 2.24) is 14.8 Å². The maximum atomic E-state index is 11.9. The average molecular weight is 624 g/mol. The van der Waals surface area contributed by atoms with Crippen LogP contribution in [0.4, 0.5) is 10.5 Å². The average Bonchev–Trinajstić information content (AvgIpc) is 3.40. The van der Waals surface area contributed by atoms with Gasteiger partial charge in [0.05, 0.1) is 19.8 Å². The van der Waals surface area contributed by atoms with Gasteiger partial charge in [-0.05, 0) is 91.9 Å². The van der Waals surface area contributed by atoms with Crippen LogP contribution in [0.5, 0.6) is 5.75 Å². The van der Waals surface area contributed by atoms with Gasteiger partial charge in [0, 0.05) is 58.0 Å². The van der Waals surface area contributed by atoms with Crippen molar-refractivity contribution < 1.29 is 19.1 Å². The summed E-state index contributed by atoms with van der Waals surface area (Å²) in [7, 11) is 1.63. The van der Waals surface area contributed by atoms with Crippen molar-refractivity contribution in [2.24, 2.45) is 0 Å². The maximum Gasteiger partial charge on any atom is 0.409 e. The fraction of sp³-hybridized carbons (Fsp3) is 0.333. The van der Waals surface area contributed by atoms with E-state index >= 15 is 0 Å². The van der Waals surface area contributed by atoms with E-state index in [1.807, 2.05) is 42.2 Å². The third-order valence-corrected chi connectivity index (χ3v) is 8.42. The minimum absolute atomic E-state index is 0.158. The number of nitrogens with one attached hydrogen (secondary N) is 2. The monoisotopic (exact) mass is 622 g/mol. The van der Waals surface area contributed by atoms with Gasteiger partial charge in [0.2, 0.25) is 6.41 Å². The van der Waals surface area contributed by atoms with E-state index in [9.17, 15) is 9.59 Å². The normalized spacial score (nSPS) is 16.6. The summed E-state index contributed by atoms with van der Waals surface area (Å²) in [5.74, 6) is 0.833. The number of H-pyrrole nitrogens is 1. The second kappa shape index (κ2) is 14.1. The first kappa shape index (κ1) is 30.6. The minimum Gasteiger partial charge on any atom is -0.497 e. The number of carbonyl (C=O) groups excluding carboxylic acids is 2. The topological polar surface area (TPSA) is 86.9 Å². The predicted octanol–water partition coefficient (Wildman–Crippen LogP) is 7.31. The van der Waals surface area contributed by atoms with Gasteiger partial charge in [0.1, 0.15) is 5.75 Å². The molecular formula is C33H36Cl2N4O4. The zero-order valence-electron chi connectivity index (χ0n) is 24.3. The number of anilines is 1. The van der Waals surface area contributed by atoms with Crippen LogP contribution < -0.4 is 10.1 Å². The molecule has 6 rings (SSSR count). The van der Waals surface area contributed by atoms with Gasteiger partial charge in [-0.25, -0.2) is 4.79 Å². The zero-order valence-corrected chi connectivity index (χ0v) is 25.8. The molecule has 0 radical (unpaired) electrons.